The minimum atomic E-state index is 0. The lowest BCUT2D eigenvalue weighted by Crippen LogP contribution is -2.39. The summed E-state index contributed by atoms with van der Waals surface area (Å²) in [5, 5.41) is 6.36. The third kappa shape index (κ3) is 7.31. The van der Waals surface area contributed by atoms with E-state index in [2.05, 4.69) is 27.5 Å². The molecule has 0 saturated carbocycles. The molecule has 0 radical (unpaired) electrons. The lowest BCUT2D eigenvalue weighted by molar-refractivity contribution is 0.320. The molecule has 0 saturated heterocycles. The first-order valence-electron chi connectivity index (χ1n) is 5.84. The number of rotatable bonds is 6. The maximum Gasteiger partial charge on any atom is 0.191 e. The summed E-state index contributed by atoms with van der Waals surface area (Å²) in [6, 6.07) is 3.74. The Balaban J connectivity index is 0.00000289. The van der Waals surface area contributed by atoms with Crippen LogP contribution in [-0.4, -0.2) is 37.7 Å². The van der Waals surface area contributed by atoms with Gasteiger partial charge in [-0.15, -0.1) is 24.0 Å². The Morgan fingerprint density at radius 3 is 2.78 bits per heavy atom. The molecule has 0 fully saturated rings. The zero-order chi connectivity index (χ0) is 12.3. The van der Waals surface area contributed by atoms with Crippen molar-refractivity contribution in [1.82, 2.24) is 15.6 Å². The van der Waals surface area contributed by atoms with Gasteiger partial charge in [-0.25, -0.2) is 0 Å². The second-order valence-corrected chi connectivity index (χ2v) is 3.46. The summed E-state index contributed by atoms with van der Waals surface area (Å²) in [7, 11) is 1.76. The van der Waals surface area contributed by atoms with E-state index in [1.807, 2.05) is 12.1 Å². The van der Waals surface area contributed by atoms with Crippen LogP contribution >= 0.6 is 24.0 Å². The monoisotopic (exact) mass is 364 g/mol. The first kappa shape index (κ1) is 16.9. The lowest BCUT2D eigenvalue weighted by Gasteiger charge is -2.11. The van der Waals surface area contributed by atoms with Crippen molar-refractivity contribution in [3.8, 4) is 5.75 Å². The lowest BCUT2D eigenvalue weighted by atomic mass is 10.5. The van der Waals surface area contributed by atoms with Gasteiger partial charge in [0.05, 0.1) is 12.7 Å². The third-order valence-electron chi connectivity index (χ3n) is 2.06. The summed E-state index contributed by atoms with van der Waals surface area (Å²) in [6.07, 6.45) is 4.50. The minimum absolute atomic E-state index is 0. The van der Waals surface area contributed by atoms with Crippen molar-refractivity contribution >= 4 is 29.9 Å². The van der Waals surface area contributed by atoms with Crippen LogP contribution in [0.15, 0.2) is 29.5 Å². The van der Waals surface area contributed by atoms with Crippen molar-refractivity contribution < 1.29 is 4.74 Å². The first-order valence-corrected chi connectivity index (χ1v) is 5.84. The molecule has 0 aliphatic carbocycles. The van der Waals surface area contributed by atoms with E-state index >= 15 is 0 Å². The van der Waals surface area contributed by atoms with Gasteiger partial charge in [0, 0.05) is 19.8 Å². The van der Waals surface area contributed by atoms with Crippen LogP contribution in [0, 0.1) is 0 Å². The summed E-state index contributed by atoms with van der Waals surface area (Å²) in [4.78, 5) is 8.07. The Hall–Kier alpha value is -1.05. The molecule has 0 bridgehead atoms. The Morgan fingerprint density at radius 2 is 2.17 bits per heavy atom. The molecule has 1 aromatic rings. The Kier molecular flexibility index (Phi) is 10.4. The number of aliphatic imine (C=N–C) groups is 1. The van der Waals surface area contributed by atoms with Crippen molar-refractivity contribution in [3.63, 3.8) is 0 Å². The maximum atomic E-state index is 5.50. The Morgan fingerprint density at radius 1 is 1.39 bits per heavy atom. The van der Waals surface area contributed by atoms with E-state index in [-0.39, 0.29) is 24.0 Å². The zero-order valence-corrected chi connectivity index (χ0v) is 13.2. The average molecular weight is 364 g/mol. The molecule has 1 heterocycles. The second-order valence-electron chi connectivity index (χ2n) is 3.46. The van der Waals surface area contributed by atoms with Gasteiger partial charge in [-0.05, 0) is 18.6 Å². The van der Waals surface area contributed by atoms with Gasteiger partial charge in [-0.3, -0.25) is 9.98 Å². The van der Waals surface area contributed by atoms with E-state index in [1.165, 1.54) is 0 Å². The molecule has 6 heteroatoms. The molecule has 0 spiro atoms. The van der Waals surface area contributed by atoms with Gasteiger partial charge in [0.15, 0.2) is 5.96 Å². The smallest absolute Gasteiger partial charge is 0.191 e. The standard InChI is InChI=1S/C12H20N4O.HI/c1-3-6-15-12(13-2)16-8-9-17-11-5-4-7-14-10-11;/h4-5,7,10H,3,6,8-9H2,1-2H3,(H2,13,15,16);1H. The summed E-state index contributed by atoms with van der Waals surface area (Å²) in [6.45, 7) is 4.33. The van der Waals surface area contributed by atoms with Crippen LogP contribution in [0.3, 0.4) is 0 Å². The molecule has 5 nitrogen and oxygen atoms in total. The van der Waals surface area contributed by atoms with Crippen molar-refractivity contribution in [2.45, 2.75) is 13.3 Å². The summed E-state index contributed by atoms with van der Waals surface area (Å²) >= 11 is 0. The highest BCUT2D eigenvalue weighted by molar-refractivity contribution is 14.0. The molecule has 0 aromatic carbocycles. The number of ether oxygens (including phenoxy) is 1. The largest absolute Gasteiger partial charge is 0.490 e. The Labute approximate surface area is 125 Å². The third-order valence-corrected chi connectivity index (χ3v) is 2.06. The average Bonchev–Trinajstić information content (AvgIpc) is 2.39. The fourth-order valence-corrected chi connectivity index (χ4v) is 1.23. The van der Waals surface area contributed by atoms with Crippen molar-refractivity contribution in [3.05, 3.63) is 24.5 Å². The molecule has 0 atom stereocenters. The van der Waals surface area contributed by atoms with Crippen LogP contribution < -0.4 is 15.4 Å². The number of hydrogen-bond donors (Lipinski definition) is 2. The highest BCUT2D eigenvalue weighted by Gasteiger charge is 1.96. The fraction of sp³-hybridized carbons (Fsp3) is 0.500. The molecule has 0 amide bonds. The van der Waals surface area contributed by atoms with Crippen molar-refractivity contribution in [1.29, 1.82) is 0 Å². The van der Waals surface area contributed by atoms with Crippen LogP contribution in [0.1, 0.15) is 13.3 Å². The molecule has 1 rings (SSSR count). The van der Waals surface area contributed by atoms with Gasteiger partial charge < -0.3 is 15.4 Å². The van der Waals surface area contributed by atoms with Gasteiger partial charge in [0.2, 0.25) is 0 Å². The molecular weight excluding hydrogens is 343 g/mol. The number of hydrogen-bond acceptors (Lipinski definition) is 3. The van der Waals surface area contributed by atoms with E-state index < -0.39 is 0 Å². The molecule has 0 aliphatic heterocycles. The van der Waals surface area contributed by atoms with E-state index in [0.717, 1.165) is 24.7 Å². The molecular formula is C12H21IN4O. The van der Waals surface area contributed by atoms with Crippen LogP contribution in [-0.2, 0) is 0 Å². The molecule has 2 N–H and O–H groups in total. The van der Waals surface area contributed by atoms with Crippen molar-refractivity contribution in [2.24, 2.45) is 4.99 Å². The van der Waals surface area contributed by atoms with E-state index in [9.17, 15) is 0 Å². The Bertz CT molecular complexity index is 332. The fourth-order valence-electron chi connectivity index (χ4n) is 1.23. The molecule has 0 unspecified atom stereocenters. The highest BCUT2D eigenvalue weighted by Crippen LogP contribution is 2.04. The first-order chi connectivity index (χ1) is 8.36. The van der Waals surface area contributed by atoms with E-state index in [0.29, 0.717) is 13.2 Å². The van der Waals surface area contributed by atoms with Crippen LogP contribution in [0.5, 0.6) is 5.75 Å². The normalized spacial score (nSPS) is 10.4. The number of nitrogens with one attached hydrogen (secondary N) is 2. The van der Waals surface area contributed by atoms with Gasteiger partial charge in [0.1, 0.15) is 12.4 Å². The maximum absolute atomic E-state index is 5.50. The minimum Gasteiger partial charge on any atom is -0.490 e. The van der Waals surface area contributed by atoms with Gasteiger partial charge >= 0.3 is 0 Å². The predicted molar refractivity (Wildman–Crippen MR) is 84.8 cm³/mol. The highest BCUT2D eigenvalue weighted by atomic mass is 127. The summed E-state index contributed by atoms with van der Waals surface area (Å²) < 4.78 is 5.50. The number of halogens is 1. The topological polar surface area (TPSA) is 58.5 Å². The van der Waals surface area contributed by atoms with Gasteiger partial charge in [-0.2, -0.15) is 0 Å². The van der Waals surface area contributed by atoms with Gasteiger partial charge in [-0.1, -0.05) is 6.92 Å². The number of pyridine rings is 1. The summed E-state index contributed by atoms with van der Waals surface area (Å²) in [5.41, 5.74) is 0. The number of aromatic nitrogens is 1. The SMILES string of the molecule is CCCNC(=NC)NCCOc1cccnc1.I. The molecule has 0 aliphatic rings. The second kappa shape index (κ2) is 11.1. The quantitative estimate of drug-likeness (QED) is 0.349. The van der Waals surface area contributed by atoms with Crippen LogP contribution in [0.25, 0.3) is 0 Å². The molecule has 102 valence electrons. The van der Waals surface area contributed by atoms with E-state index in [1.54, 1.807) is 19.4 Å². The zero-order valence-electron chi connectivity index (χ0n) is 10.8. The van der Waals surface area contributed by atoms with E-state index in [4.69, 9.17) is 4.74 Å². The summed E-state index contributed by atoms with van der Waals surface area (Å²) in [5.74, 6) is 1.59. The van der Waals surface area contributed by atoms with Crippen LogP contribution in [0.4, 0.5) is 0 Å². The van der Waals surface area contributed by atoms with Gasteiger partial charge in [0.25, 0.3) is 0 Å². The molecule has 1 aromatic heterocycles. The number of nitrogens with zero attached hydrogens (tertiary/aromatic N) is 2. The van der Waals surface area contributed by atoms with Crippen LogP contribution in [0.2, 0.25) is 0 Å². The molecule has 18 heavy (non-hydrogen) atoms. The number of guanidine groups is 1. The van der Waals surface area contributed by atoms with Crippen molar-refractivity contribution in [2.75, 3.05) is 26.7 Å². The predicted octanol–water partition coefficient (Wildman–Crippen LogP) is 1.65.